The number of benzene rings is 3. The molecule has 2 atom stereocenters. The van der Waals surface area contributed by atoms with Gasteiger partial charge in [0, 0.05) is 60.0 Å². The normalized spacial score (nSPS) is 12.6. The van der Waals surface area contributed by atoms with Gasteiger partial charge in [-0.05, 0) is 28.8 Å². The van der Waals surface area contributed by atoms with E-state index in [1.54, 1.807) is 6.20 Å². The Bertz CT molecular complexity index is 1770. The SMILES string of the molecule is O=C(O)CCC(=O)N[C@@H](Cc1c[nH]c2ccccc12)C(=O)N[C@@H](Cc1cn(Cc2ccccc2)c2ccccc12)C(=O)O. The Hall–Kier alpha value is -5.38. The molecule has 5 N–H and O–H groups in total. The zero-order valence-electron chi connectivity index (χ0n) is 23.3. The first-order valence-electron chi connectivity index (χ1n) is 14.0. The van der Waals surface area contributed by atoms with Crippen molar-refractivity contribution in [2.45, 2.75) is 44.3 Å². The third-order valence-corrected chi connectivity index (χ3v) is 7.42. The van der Waals surface area contributed by atoms with Gasteiger partial charge in [0.25, 0.3) is 0 Å². The molecule has 10 nitrogen and oxygen atoms in total. The monoisotopic (exact) mass is 580 g/mol. The van der Waals surface area contributed by atoms with Crippen LogP contribution >= 0.6 is 0 Å². The molecule has 0 bridgehead atoms. The number of aliphatic carboxylic acids is 2. The summed E-state index contributed by atoms with van der Waals surface area (Å²) in [5, 5.41) is 26.1. The van der Waals surface area contributed by atoms with Crippen molar-refractivity contribution in [2.24, 2.45) is 0 Å². The first-order chi connectivity index (χ1) is 20.8. The number of nitrogens with zero attached hydrogens (tertiary/aromatic N) is 1. The number of carbonyl (C=O) groups excluding carboxylic acids is 2. The predicted octanol–water partition coefficient (Wildman–Crippen LogP) is 3.88. The van der Waals surface area contributed by atoms with Gasteiger partial charge in [0.15, 0.2) is 0 Å². The van der Waals surface area contributed by atoms with Gasteiger partial charge < -0.3 is 30.4 Å². The third kappa shape index (κ3) is 7.10. The van der Waals surface area contributed by atoms with Gasteiger partial charge in [-0.25, -0.2) is 4.79 Å². The van der Waals surface area contributed by atoms with Crippen LogP contribution in [0.4, 0.5) is 0 Å². The van der Waals surface area contributed by atoms with Gasteiger partial charge in [-0.15, -0.1) is 0 Å². The van der Waals surface area contributed by atoms with Crippen molar-refractivity contribution in [3.05, 3.63) is 108 Å². The highest BCUT2D eigenvalue weighted by Gasteiger charge is 2.28. The van der Waals surface area contributed by atoms with E-state index >= 15 is 0 Å². The lowest BCUT2D eigenvalue weighted by Crippen LogP contribution is -2.53. The number of hydrogen-bond donors (Lipinski definition) is 5. The van der Waals surface area contributed by atoms with Crippen molar-refractivity contribution < 1.29 is 29.4 Å². The minimum absolute atomic E-state index is 0.0240. The van der Waals surface area contributed by atoms with E-state index in [0.29, 0.717) is 6.54 Å². The van der Waals surface area contributed by atoms with E-state index in [2.05, 4.69) is 20.2 Å². The largest absolute Gasteiger partial charge is 0.481 e. The number of para-hydroxylation sites is 2. The minimum Gasteiger partial charge on any atom is -0.481 e. The lowest BCUT2D eigenvalue weighted by Gasteiger charge is -2.21. The summed E-state index contributed by atoms with van der Waals surface area (Å²) in [5.41, 5.74) is 4.41. The Morgan fingerprint density at radius 1 is 0.744 bits per heavy atom. The molecule has 0 unspecified atom stereocenters. The van der Waals surface area contributed by atoms with Gasteiger partial charge in [-0.2, -0.15) is 0 Å². The topological polar surface area (TPSA) is 154 Å². The molecule has 0 fully saturated rings. The zero-order valence-corrected chi connectivity index (χ0v) is 23.3. The van der Waals surface area contributed by atoms with Crippen LogP contribution in [0.1, 0.15) is 29.5 Å². The van der Waals surface area contributed by atoms with Gasteiger partial charge >= 0.3 is 11.9 Å². The summed E-state index contributed by atoms with van der Waals surface area (Å²) in [4.78, 5) is 52.7. The third-order valence-electron chi connectivity index (χ3n) is 7.42. The molecule has 0 spiro atoms. The number of carbonyl (C=O) groups is 4. The average molecular weight is 581 g/mol. The molecular weight excluding hydrogens is 548 g/mol. The fraction of sp³-hybridized carbons (Fsp3) is 0.212. The second-order valence-electron chi connectivity index (χ2n) is 10.5. The number of carboxylic acid groups (broad SMARTS) is 2. The number of hydrogen-bond acceptors (Lipinski definition) is 4. The van der Waals surface area contributed by atoms with Gasteiger partial charge in [-0.3, -0.25) is 14.4 Å². The number of rotatable bonds is 13. The van der Waals surface area contributed by atoms with Crippen molar-refractivity contribution in [3.8, 4) is 0 Å². The van der Waals surface area contributed by atoms with Gasteiger partial charge in [-0.1, -0.05) is 66.7 Å². The van der Waals surface area contributed by atoms with Crippen molar-refractivity contribution in [1.29, 1.82) is 0 Å². The Kier molecular flexibility index (Phi) is 8.85. The number of aromatic nitrogens is 2. The van der Waals surface area contributed by atoms with Crippen molar-refractivity contribution in [3.63, 3.8) is 0 Å². The Morgan fingerprint density at radius 2 is 1.42 bits per heavy atom. The fourth-order valence-electron chi connectivity index (χ4n) is 5.31. The van der Waals surface area contributed by atoms with E-state index in [1.807, 2.05) is 85.1 Å². The van der Waals surface area contributed by atoms with Crippen molar-refractivity contribution >= 4 is 45.6 Å². The molecule has 43 heavy (non-hydrogen) atoms. The second kappa shape index (κ2) is 13.1. The fourth-order valence-corrected chi connectivity index (χ4v) is 5.31. The van der Waals surface area contributed by atoms with Crippen LogP contribution in [0.25, 0.3) is 21.8 Å². The zero-order chi connectivity index (χ0) is 30.3. The molecule has 0 saturated heterocycles. The highest BCUT2D eigenvalue weighted by atomic mass is 16.4. The first-order valence-corrected chi connectivity index (χ1v) is 14.0. The van der Waals surface area contributed by atoms with E-state index < -0.39 is 42.3 Å². The molecule has 5 aromatic rings. The summed E-state index contributed by atoms with van der Waals surface area (Å²) >= 11 is 0. The van der Waals surface area contributed by atoms with Gasteiger partial charge in [0.1, 0.15) is 12.1 Å². The number of aromatic amines is 1. The Morgan fingerprint density at radius 3 is 2.16 bits per heavy atom. The smallest absolute Gasteiger partial charge is 0.326 e. The van der Waals surface area contributed by atoms with E-state index in [0.717, 1.165) is 38.5 Å². The van der Waals surface area contributed by atoms with E-state index in [1.165, 1.54) is 0 Å². The number of amides is 2. The molecule has 3 aromatic carbocycles. The van der Waals surface area contributed by atoms with Crippen LogP contribution in [-0.2, 0) is 38.6 Å². The summed E-state index contributed by atoms with van der Waals surface area (Å²) in [7, 11) is 0. The summed E-state index contributed by atoms with van der Waals surface area (Å²) in [6.07, 6.45) is 3.06. The quantitative estimate of drug-likeness (QED) is 0.143. The summed E-state index contributed by atoms with van der Waals surface area (Å²) in [6, 6.07) is 22.7. The predicted molar refractivity (Wildman–Crippen MR) is 162 cm³/mol. The van der Waals surface area contributed by atoms with Crippen LogP contribution in [0, 0.1) is 0 Å². The van der Waals surface area contributed by atoms with Crippen LogP contribution in [0.5, 0.6) is 0 Å². The number of carboxylic acids is 2. The highest BCUT2D eigenvalue weighted by Crippen LogP contribution is 2.24. The summed E-state index contributed by atoms with van der Waals surface area (Å²) in [6.45, 7) is 0.598. The maximum absolute atomic E-state index is 13.6. The molecule has 0 aliphatic heterocycles. The van der Waals surface area contributed by atoms with Gasteiger partial charge in [0.2, 0.25) is 11.8 Å². The second-order valence-corrected chi connectivity index (χ2v) is 10.5. The molecule has 2 heterocycles. The van der Waals surface area contributed by atoms with Gasteiger partial charge in [0.05, 0.1) is 6.42 Å². The van der Waals surface area contributed by atoms with E-state index in [9.17, 15) is 24.3 Å². The molecule has 0 aliphatic rings. The van der Waals surface area contributed by atoms with Crippen molar-refractivity contribution in [2.75, 3.05) is 0 Å². The molecule has 2 amide bonds. The Labute approximate surface area is 247 Å². The average Bonchev–Trinajstić information content (AvgIpc) is 3.57. The molecule has 10 heteroatoms. The molecule has 0 saturated carbocycles. The summed E-state index contributed by atoms with van der Waals surface area (Å²) in [5.74, 6) is -3.63. The summed E-state index contributed by atoms with van der Waals surface area (Å²) < 4.78 is 2.06. The maximum Gasteiger partial charge on any atom is 0.326 e. The Balaban J connectivity index is 1.38. The minimum atomic E-state index is -1.27. The first kappa shape index (κ1) is 29.1. The van der Waals surface area contributed by atoms with Crippen LogP contribution < -0.4 is 10.6 Å². The standard InChI is InChI=1S/C33H32N4O6/c38-30(14-15-31(39)40)35-27(16-22-18-34-26-12-6-4-10-24(22)26)32(41)36-28(33(42)43)17-23-20-37(19-21-8-2-1-3-9-21)29-13-7-5-11-25(23)29/h1-13,18,20,27-28,34H,14-17,19H2,(H,35,38)(H,36,41)(H,39,40)(H,42,43)/t27-,28-/m0/s1. The lowest BCUT2D eigenvalue weighted by molar-refractivity contribution is -0.142. The van der Waals surface area contributed by atoms with Crippen LogP contribution in [-0.4, -0.2) is 55.6 Å². The molecule has 0 aliphatic carbocycles. The highest BCUT2D eigenvalue weighted by molar-refractivity contribution is 5.93. The van der Waals surface area contributed by atoms with Crippen molar-refractivity contribution in [1.82, 2.24) is 20.2 Å². The number of H-pyrrole nitrogens is 1. The molecule has 5 rings (SSSR count). The van der Waals surface area contributed by atoms with Crippen LogP contribution in [0.2, 0.25) is 0 Å². The molecule has 220 valence electrons. The van der Waals surface area contributed by atoms with Crippen LogP contribution in [0.15, 0.2) is 91.3 Å². The van der Waals surface area contributed by atoms with Crippen LogP contribution in [0.3, 0.4) is 0 Å². The number of nitrogens with one attached hydrogen (secondary N) is 3. The number of fused-ring (bicyclic) bond motifs is 2. The lowest BCUT2D eigenvalue weighted by atomic mass is 10.0. The van der Waals surface area contributed by atoms with E-state index in [-0.39, 0.29) is 19.3 Å². The maximum atomic E-state index is 13.6. The van der Waals surface area contributed by atoms with E-state index in [4.69, 9.17) is 5.11 Å². The molecular formula is C33H32N4O6. The molecule has 2 aromatic heterocycles. The molecule has 0 radical (unpaired) electrons.